The van der Waals surface area contributed by atoms with Crippen LogP contribution in [0, 0.1) is 5.92 Å². The Labute approximate surface area is 103 Å². The SMILES string of the molecule is CC(NCCn1ccnn1)C1CCN(C)CC1. The maximum Gasteiger partial charge on any atom is 0.0692 e. The van der Waals surface area contributed by atoms with Crippen molar-refractivity contribution in [2.45, 2.75) is 32.4 Å². The van der Waals surface area contributed by atoms with Gasteiger partial charge in [0.25, 0.3) is 0 Å². The van der Waals surface area contributed by atoms with Gasteiger partial charge in [-0.1, -0.05) is 5.21 Å². The Morgan fingerprint density at radius 3 is 2.82 bits per heavy atom. The summed E-state index contributed by atoms with van der Waals surface area (Å²) in [4.78, 5) is 2.42. The Kier molecular flexibility index (Phi) is 4.50. The molecule has 0 aromatic carbocycles. The van der Waals surface area contributed by atoms with Crippen LogP contribution in [-0.2, 0) is 6.54 Å². The fourth-order valence-corrected chi connectivity index (χ4v) is 2.45. The zero-order chi connectivity index (χ0) is 12.1. The van der Waals surface area contributed by atoms with Crippen LogP contribution in [0.4, 0.5) is 0 Å². The smallest absolute Gasteiger partial charge is 0.0692 e. The molecule has 2 rings (SSSR count). The molecule has 1 aliphatic rings. The normalized spacial score (nSPS) is 20.6. The summed E-state index contributed by atoms with van der Waals surface area (Å²) in [5, 5.41) is 11.4. The number of nitrogens with zero attached hydrogens (tertiary/aromatic N) is 4. The highest BCUT2D eigenvalue weighted by Crippen LogP contribution is 2.19. The van der Waals surface area contributed by atoms with Gasteiger partial charge in [-0.2, -0.15) is 0 Å². The molecular formula is C12H23N5. The number of hydrogen-bond acceptors (Lipinski definition) is 4. The van der Waals surface area contributed by atoms with Gasteiger partial charge in [0.15, 0.2) is 0 Å². The highest BCUT2D eigenvalue weighted by Gasteiger charge is 2.21. The first-order chi connectivity index (χ1) is 8.25. The van der Waals surface area contributed by atoms with E-state index in [1.54, 1.807) is 6.20 Å². The van der Waals surface area contributed by atoms with Gasteiger partial charge in [-0.25, -0.2) is 0 Å². The summed E-state index contributed by atoms with van der Waals surface area (Å²) in [6.07, 6.45) is 6.25. The van der Waals surface area contributed by atoms with Crippen molar-refractivity contribution in [1.82, 2.24) is 25.2 Å². The van der Waals surface area contributed by atoms with Crippen molar-refractivity contribution < 1.29 is 0 Å². The van der Waals surface area contributed by atoms with Crippen LogP contribution in [-0.4, -0.2) is 52.6 Å². The molecule has 0 amide bonds. The average molecular weight is 237 g/mol. The molecule has 1 fully saturated rings. The Morgan fingerprint density at radius 2 is 2.18 bits per heavy atom. The molecule has 2 heterocycles. The van der Waals surface area contributed by atoms with E-state index in [4.69, 9.17) is 0 Å². The lowest BCUT2D eigenvalue weighted by atomic mass is 9.90. The molecule has 0 radical (unpaired) electrons. The summed E-state index contributed by atoms with van der Waals surface area (Å²) >= 11 is 0. The summed E-state index contributed by atoms with van der Waals surface area (Å²) in [5.74, 6) is 0.821. The third-order valence-corrected chi connectivity index (χ3v) is 3.75. The van der Waals surface area contributed by atoms with E-state index in [0.717, 1.165) is 19.0 Å². The van der Waals surface area contributed by atoms with Gasteiger partial charge < -0.3 is 10.2 Å². The van der Waals surface area contributed by atoms with Gasteiger partial charge in [0.2, 0.25) is 0 Å². The first-order valence-electron chi connectivity index (χ1n) is 6.52. The molecule has 17 heavy (non-hydrogen) atoms. The van der Waals surface area contributed by atoms with Gasteiger partial charge in [-0.05, 0) is 45.8 Å². The highest BCUT2D eigenvalue weighted by molar-refractivity contribution is 4.78. The van der Waals surface area contributed by atoms with E-state index in [-0.39, 0.29) is 0 Å². The van der Waals surface area contributed by atoms with Gasteiger partial charge in [0, 0.05) is 18.8 Å². The van der Waals surface area contributed by atoms with Crippen LogP contribution in [0.3, 0.4) is 0 Å². The molecule has 1 aromatic heterocycles. The van der Waals surface area contributed by atoms with Crippen molar-refractivity contribution in [3.05, 3.63) is 12.4 Å². The summed E-state index contributed by atoms with van der Waals surface area (Å²) in [6, 6.07) is 0.604. The lowest BCUT2D eigenvalue weighted by Crippen LogP contribution is -2.41. The molecular weight excluding hydrogens is 214 g/mol. The number of likely N-dealkylation sites (tertiary alicyclic amines) is 1. The van der Waals surface area contributed by atoms with Crippen LogP contribution in [0.2, 0.25) is 0 Å². The molecule has 0 bridgehead atoms. The largest absolute Gasteiger partial charge is 0.312 e. The maximum atomic E-state index is 3.96. The topological polar surface area (TPSA) is 46.0 Å². The summed E-state index contributed by atoms with van der Waals surface area (Å²) in [5.41, 5.74) is 0. The number of piperidine rings is 1. The van der Waals surface area contributed by atoms with Crippen LogP contribution in [0.1, 0.15) is 19.8 Å². The van der Waals surface area contributed by atoms with Crippen molar-refractivity contribution in [1.29, 1.82) is 0 Å². The molecule has 0 aliphatic carbocycles. The molecule has 1 unspecified atom stereocenters. The minimum absolute atomic E-state index is 0.604. The third kappa shape index (κ3) is 3.78. The Bertz CT molecular complexity index is 303. The fraction of sp³-hybridized carbons (Fsp3) is 0.833. The van der Waals surface area contributed by atoms with Crippen LogP contribution in [0.25, 0.3) is 0 Å². The molecule has 96 valence electrons. The van der Waals surface area contributed by atoms with E-state index >= 15 is 0 Å². The van der Waals surface area contributed by atoms with Gasteiger partial charge in [0.05, 0.1) is 12.7 Å². The van der Waals surface area contributed by atoms with E-state index in [9.17, 15) is 0 Å². The van der Waals surface area contributed by atoms with E-state index in [0.29, 0.717) is 6.04 Å². The quantitative estimate of drug-likeness (QED) is 0.814. The molecule has 1 atom stereocenters. The maximum absolute atomic E-state index is 3.96. The molecule has 0 spiro atoms. The van der Waals surface area contributed by atoms with Crippen molar-refractivity contribution in [2.75, 3.05) is 26.7 Å². The first-order valence-corrected chi connectivity index (χ1v) is 6.52. The summed E-state index contributed by atoms with van der Waals surface area (Å²) in [6.45, 7) is 6.64. The zero-order valence-corrected chi connectivity index (χ0v) is 10.8. The van der Waals surface area contributed by atoms with Crippen LogP contribution in [0.5, 0.6) is 0 Å². The van der Waals surface area contributed by atoms with Crippen LogP contribution >= 0.6 is 0 Å². The van der Waals surface area contributed by atoms with Gasteiger partial charge in [0.1, 0.15) is 0 Å². The summed E-state index contributed by atoms with van der Waals surface area (Å²) < 4.78 is 1.87. The minimum Gasteiger partial charge on any atom is -0.312 e. The fourth-order valence-electron chi connectivity index (χ4n) is 2.45. The molecule has 0 saturated carbocycles. The molecule has 1 saturated heterocycles. The Hall–Kier alpha value is -0.940. The second-order valence-corrected chi connectivity index (χ2v) is 5.05. The molecule has 5 heteroatoms. The first kappa shape index (κ1) is 12.5. The minimum atomic E-state index is 0.604. The summed E-state index contributed by atoms with van der Waals surface area (Å²) in [7, 11) is 2.21. The molecule has 5 nitrogen and oxygen atoms in total. The highest BCUT2D eigenvalue weighted by atomic mass is 15.4. The third-order valence-electron chi connectivity index (χ3n) is 3.75. The number of aromatic nitrogens is 3. The molecule has 1 aliphatic heterocycles. The van der Waals surface area contributed by atoms with Crippen molar-refractivity contribution >= 4 is 0 Å². The van der Waals surface area contributed by atoms with E-state index < -0.39 is 0 Å². The number of hydrogen-bond donors (Lipinski definition) is 1. The number of rotatable bonds is 5. The second-order valence-electron chi connectivity index (χ2n) is 5.05. The van der Waals surface area contributed by atoms with E-state index in [1.165, 1.54) is 25.9 Å². The monoisotopic (exact) mass is 237 g/mol. The van der Waals surface area contributed by atoms with E-state index in [2.05, 4.69) is 34.5 Å². The number of nitrogens with one attached hydrogen (secondary N) is 1. The van der Waals surface area contributed by atoms with Crippen molar-refractivity contribution in [2.24, 2.45) is 5.92 Å². The van der Waals surface area contributed by atoms with Gasteiger partial charge >= 0.3 is 0 Å². The molecule has 1 N–H and O–H groups in total. The van der Waals surface area contributed by atoms with Crippen molar-refractivity contribution in [3.63, 3.8) is 0 Å². The van der Waals surface area contributed by atoms with Crippen molar-refractivity contribution in [3.8, 4) is 0 Å². The van der Waals surface area contributed by atoms with Crippen LogP contribution < -0.4 is 5.32 Å². The predicted molar refractivity (Wildman–Crippen MR) is 67.7 cm³/mol. The Balaban J connectivity index is 1.65. The lowest BCUT2D eigenvalue weighted by Gasteiger charge is -2.33. The molecule has 1 aromatic rings. The average Bonchev–Trinajstić information content (AvgIpc) is 2.83. The standard InChI is InChI=1S/C12H23N5/c1-11(12-3-7-16(2)8-4-12)13-5-9-17-10-6-14-15-17/h6,10-13H,3-5,7-9H2,1-2H3. The zero-order valence-electron chi connectivity index (χ0n) is 10.8. The van der Waals surface area contributed by atoms with E-state index in [1.807, 2.05) is 10.9 Å². The van der Waals surface area contributed by atoms with Gasteiger partial charge in [-0.3, -0.25) is 4.68 Å². The lowest BCUT2D eigenvalue weighted by molar-refractivity contribution is 0.189. The second kappa shape index (κ2) is 6.12. The Morgan fingerprint density at radius 1 is 1.41 bits per heavy atom. The van der Waals surface area contributed by atoms with Crippen LogP contribution in [0.15, 0.2) is 12.4 Å². The predicted octanol–water partition coefficient (Wildman–Crippen LogP) is 0.598. The van der Waals surface area contributed by atoms with Gasteiger partial charge in [-0.15, -0.1) is 5.10 Å².